The Labute approximate surface area is 150 Å². The maximum atomic E-state index is 13.1. The molecule has 3 aromatic rings. The van der Waals surface area contributed by atoms with E-state index in [1.807, 2.05) is 36.4 Å². The molecule has 2 aromatic carbocycles. The minimum atomic E-state index is -0.200. The number of benzene rings is 2. The number of pyridine rings is 1. The van der Waals surface area contributed by atoms with Crippen molar-refractivity contribution < 1.29 is 4.79 Å². The molecule has 0 unspecified atom stereocenters. The summed E-state index contributed by atoms with van der Waals surface area (Å²) in [5, 5.41) is 0.821. The van der Waals surface area contributed by atoms with E-state index in [-0.39, 0.29) is 5.91 Å². The number of hydrogen-bond acceptors (Lipinski definition) is 2. The van der Waals surface area contributed by atoms with Crippen molar-refractivity contribution in [2.75, 3.05) is 4.90 Å². The Kier molecular flexibility index (Phi) is 5.14. The van der Waals surface area contributed by atoms with Crippen molar-refractivity contribution >= 4 is 34.8 Å². The highest BCUT2D eigenvalue weighted by Crippen LogP contribution is 2.25. The first-order valence-electron chi connectivity index (χ1n) is 7.36. The van der Waals surface area contributed by atoms with Crippen molar-refractivity contribution in [3.05, 3.63) is 94.2 Å². The normalized spacial score (nSPS) is 10.4. The molecule has 0 aliphatic heterocycles. The standard InChI is InChI=1S/C19H14Cl2N2O/c20-15-8-9-17(18(21)11-15)19(24)23(16-7-4-10-22-12-16)13-14-5-2-1-3-6-14/h1-12H,13H2. The SMILES string of the molecule is O=C(c1ccc(Cl)cc1Cl)N(Cc1ccccc1)c1cccnc1. The van der Waals surface area contributed by atoms with E-state index < -0.39 is 0 Å². The van der Waals surface area contributed by atoms with Crippen LogP contribution >= 0.6 is 23.2 Å². The van der Waals surface area contributed by atoms with Crippen molar-refractivity contribution in [1.82, 2.24) is 4.98 Å². The lowest BCUT2D eigenvalue weighted by Crippen LogP contribution is -2.30. The summed E-state index contributed by atoms with van der Waals surface area (Å²) < 4.78 is 0. The number of amides is 1. The third-order valence-corrected chi connectivity index (χ3v) is 4.10. The Hall–Kier alpha value is -2.36. The van der Waals surface area contributed by atoms with Gasteiger partial charge in [0, 0.05) is 11.2 Å². The molecule has 0 radical (unpaired) electrons. The zero-order chi connectivity index (χ0) is 16.9. The van der Waals surface area contributed by atoms with Gasteiger partial charge in [0.25, 0.3) is 5.91 Å². The summed E-state index contributed by atoms with van der Waals surface area (Å²) in [7, 11) is 0. The van der Waals surface area contributed by atoms with E-state index in [4.69, 9.17) is 23.2 Å². The van der Waals surface area contributed by atoms with Gasteiger partial charge in [0.15, 0.2) is 0 Å². The summed E-state index contributed by atoms with van der Waals surface area (Å²) in [5.41, 5.74) is 2.12. The number of aromatic nitrogens is 1. The van der Waals surface area contributed by atoms with Gasteiger partial charge in [0.05, 0.1) is 29.0 Å². The maximum Gasteiger partial charge on any atom is 0.260 e. The number of carbonyl (C=O) groups excluding carboxylic acids is 1. The summed E-state index contributed by atoms with van der Waals surface area (Å²) in [5.74, 6) is -0.200. The number of halogens is 2. The molecule has 0 saturated heterocycles. The minimum Gasteiger partial charge on any atom is -0.302 e. The molecule has 0 aliphatic carbocycles. The molecule has 1 heterocycles. The van der Waals surface area contributed by atoms with Crippen LogP contribution in [-0.4, -0.2) is 10.9 Å². The van der Waals surface area contributed by atoms with E-state index in [0.717, 1.165) is 5.56 Å². The smallest absolute Gasteiger partial charge is 0.260 e. The summed E-state index contributed by atoms with van der Waals surface area (Å²) >= 11 is 12.1. The van der Waals surface area contributed by atoms with Crippen LogP contribution in [0, 0.1) is 0 Å². The van der Waals surface area contributed by atoms with E-state index in [2.05, 4.69) is 4.98 Å². The lowest BCUT2D eigenvalue weighted by atomic mass is 10.1. The second kappa shape index (κ2) is 7.47. The Balaban J connectivity index is 1.99. The lowest BCUT2D eigenvalue weighted by Gasteiger charge is -2.23. The Morgan fingerprint density at radius 1 is 1.00 bits per heavy atom. The second-order valence-corrected chi connectivity index (χ2v) is 6.06. The van der Waals surface area contributed by atoms with Crippen LogP contribution in [0.15, 0.2) is 73.1 Å². The van der Waals surface area contributed by atoms with E-state index in [9.17, 15) is 4.79 Å². The van der Waals surface area contributed by atoms with Crippen LogP contribution in [0.5, 0.6) is 0 Å². The van der Waals surface area contributed by atoms with Crippen LogP contribution in [0.25, 0.3) is 0 Å². The second-order valence-electron chi connectivity index (χ2n) is 5.21. The van der Waals surface area contributed by atoms with E-state index in [0.29, 0.717) is 27.8 Å². The molecule has 0 N–H and O–H groups in total. The third-order valence-electron chi connectivity index (χ3n) is 3.55. The molecule has 0 atom stereocenters. The van der Waals surface area contributed by atoms with Crippen molar-refractivity contribution in [2.45, 2.75) is 6.54 Å². The van der Waals surface area contributed by atoms with Crippen LogP contribution < -0.4 is 4.90 Å². The fourth-order valence-electron chi connectivity index (χ4n) is 2.37. The minimum absolute atomic E-state index is 0.200. The van der Waals surface area contributed by atoms with Gasteiger partial charge < -0.3 is 4.90 Å². The molecule has 1 aromatic heterocycles. The number of nitrogens with zero attached hydrogens (tertiary/aromatic N) is 2. The predicted octanol–water partition coefficient (Wildman–Crippen LogP) is 5.24. The van der Waals surface area contributed by atoms with E-state index in [1.54, 1.807) is 41.6 Å². The molecule has 5 heteroatoms. The first kappa shape index (κ1) is 16.5. The van der Waals surface area contributed by atoms with Crippen molar-refractivity contribution in [2.24, 2.45) is 0 Å². The van der Waals surface area contributed by atoms with Crippen LogP contribution in [0.4, 0.5) is 5.69 Å². The fourth-order valence-corrected chi connectivity index (χ4v) is 2.86. The molecule has 1 amide bonds. The Bertz CT molecular complexity index is 839. The average molecular weight is 357 g/mol. The van der Waals surface area contributed by atoms with E-state index in [1.165, 1.54) is 0 Å². The highest BCUT2D eigenvalue weighted by atomic mass is 35.5. The molecule has 0 aliphatic rings. The van der Waals surface area contributed by atoms with Crippen LogP contribution in [0.1, 0.15) is 15.9 Å². The molecule has 24 heavy (non-hydrogen) atoms. The molecular weight excluding hydrogens is 343 g/mol. The summed E-state index contributed by atoms with van der Waals surface area (Å²) in [6.45, 7) is 0.421. The first-order valence-corrected chi connectivity index (χ1v) is 8.11. The quantitative estimate of drug-likeness (QED) is 0.640. The Morgan fingerprint density at radius 3 is 2.46 bits per heavy atom. The zero-order valence-electron chi connectivity index (χ0n) is 12.7. The van der Waals surface area contributed by atoms with Gasteiger partial charge in [-0.25, -0.2) is 0 Å². The largest absolute Gasteiger partial charge is 0.302 e. The van der Waals surface area contributed by atoms with E-state index >= 15 is 0 Å². The molecule has 0 spiro atoms. The van der Waals surface area contributed by atoms with Gasteiger partial charge >= 0.3 is 0 Å². The van der Waals surface area contributed by atoms with Gasteiger partial charge in [0.1, 0.15) is 0 Å². The van der Waals surface area contributed by atoms with Gasteiger partial charge in [-0.1, -0.05) is 53.5 Å². The number of hydrogen-bond donors (Lipinski definition) is 0. The predicted molar refractivity (Wildman–Crippen MR) is 97.7 cm³/mol. The summed E-state index contributed by atoms with van der Waals surface area (Å²) in [6, 6.07) is 18.3. The number of anilines is 1. The van der Waals surface area contributed by atoms with Crippen molar-refractivity contribution in [3.8, 4) is 0 Å². The average Bonchev–Trinajstić information content (AvgIpc) is 2.61. The molecule has 3 rings (SSSR count). The monoisotopic (exact) mass is 356 g/mol. The van der Waals surface area contributed by atoms with Gasteiger partial charge in [-0.2, -0.15) is 0 Å². The van der Waals surface area contributed by atoms with Gasteiger partial charge in [-0.15, -0.1) is 0 Å². The van der Waals surface area contributed by atoms with Gasteiger partial charge in [0.2, 0.25) is 0 Å². The lowest BCUT2D eigenvalue weighted by molar-refractivity contribution is 0.0985. The molecule has 0 bridgehead atoms. The number of rotatable bonds is 4. The molecule has 0 saturated carbocycles. The topological polar surface area (TPSA) is 33.2 Å². The number of carbonyl (C=O) groups is 1. The van der Waals surface area contributed by atoms with Crippen LogP contribution in [0.2, 0.25) is 10.0 Å². The zero-order valence-corrected chi connectivity index (χ0v) is 14.2. The summed E-state index contributed by atoms with van der Waals surface area (Å²) in [4.78, 5) is 18.8. The summed E-state index contributed by atoms with van der Waals surface area (Å²) in [6.07, 6.45) is 3.33. The van der Waals surface area contributed by atoms with Crippen molar-refractivity contribution in [1.29, 1.82) is 0 Å². The highest BCUT2D eigenvalue weighted by molar-refractivity contribution is 6.37. The van der Waals surface area contributed by atoms with Gasteiger partial charge in [-0.05, 0) is 35.9 Å². The van der Waals surface area contributed by atoms with Crippen molar-refractivity contribution in [3.63, 3.8) is 0 Å². The first-order chi connectivity index (χ1) is 11.6. The van der Waals surface area contributed by atoms with Crippen LogP contribution in [-0.2, 0) is 6.54 Å². The third kappa shape index (κ3) is 3.75. The Morgan fingerprint density at radius 2 is 1.79 bits per heavy atom. The molecule has 3 nitrogen and oxygen atoms in total. The molecular formula is C19H14Cl2N2O. The van der Waals surface area contributed by atoms with Gasteiger partial charge in [-0.3, -0.25) is 9.78 Å². The molecule has 120 valence electrons. The fraction of sp³-hybridized carbons (Fsp3) is 0.0526. The highest BCUT2D eigenvalue weighted by Gasteiger charge is 2.20. The van der Waals surface area contributed by atoms with Crippen LogP contribution in [0.3, 0.4) is 0 Å². The maximum absolute atomic E-state index is 13.1. The molecule has 0 fully saturated rings.